The van der Waals surface area contributed by atoms with Crippen LogP contribution >= 0.6 is 15.9 Å². The van der Waals surface area contributed by atoms with Crippen molar-refractivity contribution in [3.8, 4) is 11.4 Å². The molecule has 1 N–H and O–H groups in total. The summed E-state index contributed by atoms with van der Waals surface area (Å²) in [5.41, 5.74) is 0.929. The number of non-ortho nitro benzene ring substituents is 1. The van der Waals surface area contributed by atoms with Crippen LogP contribution in [0.4, 0.5) is 11.4 Å². The minimum Gasteiger partial charge on any atom is -0.454 e. The summed E-state index contributed by atoms with van der Waals surface area (Å²) >= 11 is 3.14. The highest BCUT2D eigenvalue weighted by atomic mass is 79.9. The summed E-state index contributed by atoms with van der Waals surface area (Å²) in [4.78, 5) is 35.1. The molecular formula is C17H13BrN6O5. The van der Waals surface area contributed by atoms with Gasteiger partial charge in [-0.25, -0.2) is 4.79 Å². The van der Waals surface area contributed by atoms with Crippen molar-refractivity contribution in [1.29, 1.82) is 0 Å². The highest BCUT2D eigenvalue weighted by Crippen LogP contribution is 2.27. The third-order valence-electron chi connectivity index (χ3n) is 3.56. The molecule has 0 aliphatic carbocycles. The minimum absolute atomic E-state index is 0.128. The normalized spacial score (nSPS) is 10.4. The number of rotatable bonds is 7. The molecule has 1 aromatic heterocycles. The Hall–Kier alpha value is -3.67. The Labute approximate surface area is 171 Å². The van der Waals surface area contributed by atoms with E-state index in [0.29, 0.717) is 16.0 Å². The first-order valence-corrected chi connectivity index (χ1v) is 8.94. The topological polar surface area (TPSA) is 142 Å². The molecule has 12 heteroatoms. The van der Waals surface area contributed by atoms with Crippen LogP contribution in [-0.4, -0.2) is 43.6 Å². The molecule has 3 rings (SSSR count). The number of nitro benzene ring substituents is 1. The first kappa shape index (κ1) is 20.1. The number of amides is 1. The third kappa shape index (κ3) is 5.42. The second-order valence-corrected chi connectivity index (χ2v) is 6.49. The van der Waals surface area contributed by atoms with Crippen molar-refractivity contribution in [1.82, 2.24) is 20.2 Å². The van der Waals surface area contributed by atoms with Gasteiger partial charge in [-0.15, -0.1) is 10.2 Å². The standard InChI is InChI=1S/C17H13BrN6O5/c18-13-8-12(24(27)28)6-7-14(13)19-15(25)10-29-16(26)9-23-21-17(20-22-23)11-4-2-1-3-5-11/h1-8H,9-10H2,(H,19,25). The van der Waals surface area contributed by atoms with Crippen LogP contribution in [0.15, 0.2) is 53.0 Å². The molecule has 0 atom stereocenters. The number of hydrogen-bond acceptors (Lipinski definition) is 8. The maximum absolute atomic E-state index is 11.9. The lowest BCUT2D eigenvalue weighted by Crippen LogP contribution is -2.23. The van der Waals surface area contributed by atoms with E-state index in [-0.39, 0.29) is 12.2 Å². The third-order valence-corrected chi connectivity index (χ3v) is 4.21. The number of halogens is 1. The molecule has 0 radical (unpaired) electrons. The minimum atomic E-state index is -0.722. The van der Waals surface area contributed by atoms with Crippen LogP contribution in [0.25, 0.3) is 11.4 Å². The Morgan fingerprint density at radius 2 is 1.97 bits per heavy atom. The van der Waals surface area contributed by atoms with Crippen molar-refractivity contribution < 1.29 is 19.2 Å². The molecule has 11 nitrogen and oxygen atoms in total. The summed E-state index contributed by atoms with van der Waals surface area (Å²) < 4.78 is 5.22. The SMILES string of the molecule is O=C(COC(=O)Cn1nnc(-c2ccccc2)n1)Nc1ccc([N+](=O)[O-])cc1Br. The Balaban J connectivity index is 1.50. The van der Waals surface area contributed by atoms with Crippen LogP contribution < -0.4 is 5.32 Å². The summed E-state index contributed by atoms with van der Waals surface area (Å²) in [6.07, 6.45) is 0. The van der Waals surface area contributed by atoms with Gasteiger partial charge in [0.25, 0.3) is 11.6 Å². The number of nitro groups is 1. The monoisotopic (exact) mass is 460 g/mol. The van der Waals surface area contributed by atoms with E-state index in [1.54, 1.807) is 12.1 Å². The number of anilines is 1. The molecule has 0 bridgehead atoms. The van der Waals surface area contributed by atoms with Gasteiger partial charge >= 0.3 is 5.97 Å². The van der Waals surface area contributed by atoms with E-state index < -0.39 is 23.4 Å². The zero-order valence-electron chi connectivity index (χ0n) is 14.7. The zero-order chi connectivity index (χ0) is 20.8. The van der Waals surface area contributed by atoms with E-state index in [1.165, 1.54) is 18.2 Å². The molecule has 0 aliphatic rings. The number of nitrogens with zero attached hydrogens (tertiary/aromatic N) is 5. The Kier molecular flexibility index (Phi) is 6.24. The number of esters is 1. The largest absolute Gasteiger partial charge is 0.454 e. The van der Waals surface area contributed by atoms with Gasteiger partial charge < -0.3 is 10.1 Å². The molecule has 1 heterocycles. The molecule has 1 amide bonds. The lowest BCUT2D eigenvalue weighted by Gasteiger charge is -2.08. The van der Waals surface area contributed by atoms with Gasteiger partial charge in [0.1, 0.15) is 0 Å². The van der Waals surface area contributed by atoms with Gasteiger partial charge in [-0.3, -0.25) is 14.9 Å². The van der Waals surface area contributed by atoms with Crippen molar-refractivity contribution in [2.45, 2.75) is 6.54 Å². The molecule has 0 unspecified atom stereocenters. The Bertz CT molecular complexity index is 1060. The second-order valence-electron chi connectivity index (χ2n) is 5.64. The first-order chi connectivity index (χ1) is 13.9. The van der Waals surface area contributed by atoms with Crippen molar-refractivity contribution in [2.75, 3.05) is 11.9 Å². The fourth-order valence-electron chi connectivity index (χ4n) is 2.23. The van der Waals surface area contributed by atoms with Crippen LogP contribution in [0.3, 0.4) is 0 Å². The summed E-state index contributed by atoms with van der Waals surface area (Å²) in [6.45, 7) is -0.850. The lowest BCUT2D eigenvalue weighted by molar-refractivity contribution is -0.384. The number of carbonyl (C=O) groups excluding carboxylic acids is 2. The molecule has 29 heavy (non-hydrogen) atoms. The van der Waals surface area contributed by atoms with Gasteiger partial charge in [-0.05, 0) is 27.2 Å². The number of tetrazole rings is 1. The highest BCUT2D eigenvalue weighted by Gasteiger charge is 2.14. The average molecular weight is 461 g/mol. The van der Waals surface area contributed by atoms with Crippen molar-refractivity contribution in [2.24, 2.45) is 0 Å². The second kappa shape index (κ2) is 9.01. The smallest absolute Gasteiger partial charge is 0.330 e. The van der Waals surface area contributed by atoms with Crippen molar-refractivity contribution in [3.05, 3.63) is 63.1 Å². The fourth-order valence-corrected chi connectivity index (χ4v) is 2.69. The number of ether oxygens (including phenoxy) is 1. The number of nitrogens with one attached hydrogen (secondary N) is 1. The molecule has 3 aromatic rings. The molecule has 0 spiro atoms. The maximum Gasteiger partial charge on any atom is 0.330 e. The van der Waals surface area contributed by atoms with Crippen LogP contribution in [-0.2, 0) is 20.9 Å². The molecule has 0 aliphatic heterocycles. The molecule has 0 saturated heterocycles. The zero-order valence-corrected chi connectivity index (χ0v) is 16.3. The van der Waals surface area contributed by atoms with E-state index in [4.69, 9.17) is 4.74 Å². The first-order valence-electron chi connectivity index (χ1n) is 8.15. The summed E-state index contributed by atoms with van der Waals surface area (Å²) in [5, 5.41) is 24.9. The van der Waals surface area contributed by atoms with E-state index in [9.17, 15) is 19.7 Å². The number of carbonyl (C=O) groups is 2. The molecule has 2 aromatic carbocycles. The number of aromatic nitrogens is 4. The van der Waals surface area contributed by atoms with Gasteiger partial charge in [-0.2, -0.15) is 4.80 Å². The molecule has 0 fully saturated rings. The number of benzene rings is 2. The van der Waals surface area contributed by atoms with E-state index >= 15 is 0 Å². The summed E-state index contributed by atoms with van der Waals surface area (Å²) in [6, 6.07) is 13.0. The van der Waals surface area contributed by atoms with Crippen LogP contribution in [0.5, 0.6) is 0 Å². The van der Waals surface area contributed by atoms with Gasteiger partial charge in [0.2, 0.25) is 5.82 Å². The number of hydrogen-bond donors (Lipinski definition) is 1. The van der Waals surface area contributed by atoms with Gasteiger partial charge in [0, 0.05) is 22.2 Å². The predicted octanol–water partition coefficient (Wildman–Crippen LogP) is 2.19. The van der Waals surface area contributed by atoms with E-state index in [2.05, 4.69) is 36.7 Å². The van der Waals surface area contributed by atoms with Crippen molar-refractivity contribution >= 4 is 39.2 Å². The molecule has 0 saturated carbocycles. The van der Waals surface area contributed by atoms with Crippen LogP contribution in [0.1, 0.15) is 0 Å². The van der Waals surface area contributed by atoms with Gasteiger partial charge in [0.15, 0.2) is 13.2 Å². The fraction of sp³-hybridized carbons (Fsp3) is 0.118. The Morgan fingerprint density at radius 1 is 1.21 bits per heavy atom. The van der Waals surface area contributed by atoms with E-state index in [1.807, 2.05) is 18.2 Å². The maximum atomic E-state index is 11.9. The van der Waals surface area contributed by atoms with E-state index in [0.717, 1.165) is 10.4 Å². The molecule has 148 valence electrons. The summed E-state index contributed by atoms with van der Waals surface area (Å²) in [5.74, 6) is -0.969. The highest BCUT2D eigenvalue weighted by molar-refractivity contribution is 9.10. The quantitative estimate of drug-likeness (QED) is 0.321. The lowest BCUT2D eigenvalue weighted by atomic mass is 10.2. The van der Waals surface area contributed by atoms with Crippen molar-refractivity contribution in [3.63, 3.8) is 0 Å². The predicted molar refractivity (Wildman–Crippen MR) is 104 cm³/mol. The van der Waals surface area contributed by atoms with Gasteiger partial charge in [-0.1, -0.05) is 30.3 Å². The van der Waals surface area contributed by atoms with Gasteiger partial charge in [0.05, 0.1) is 10.6 Å². The average Bonchev–Trinajstić information content (AvgIpc) is 3.17. The summed E-state index contributed by atoms with van der Waals surface area (Å²) in [7, 11) is 0. The Morgan fingerprint density at radius 3 is 2.66 bits per heavy atom. The van der Waals surface area contributed by atoms with Crippen LogP contribution in [0.2, 0.25) is 0 Å². The van der Waals surface area contributed by atoms with Crippen LogP contribution in [0, 0.1) is 10.1 Å². The molecular weight excluding hydrogens is 448 g/mol.